The van der Waals surface area contributed by atoms with Crippen LogP contribution in [0.25, 0.3) is 0 Å². The monoisotopic (exact) mass is 273 g/mol. The number of aliphatic hydroxyl groups excluding tert-OH is 1. The van der Waals surface area contributed by atoms with Gasteiger partial charge in [-0.25, -0.2) is 8.42 Å². The molecule has 0 radical (unpaired) electrons. The minimum atomic E-state index is -3.42. The van der Waals surface area contributed by atoms with Gasteiger partial charge in [-0.3, -0.25) is 10.1 Å². The van der Waals surface area contributed by atoms with E-state index in [0.717, 1.165) is 6.26 Å². The fraction of sp³-hybridized carbons (Fsp3) is 0.455. The third kappa shape index (κ3) is 3.27. The van der Waals surface area contributed by atoms with E-state index in [0.29, 0.717) is 0 Å². The number of benzene rings is 1. The van der Waals surface area contributed by atoms with Crippen LogP contribution in [0.2, 0.25) is 0 Å². The largest absolute Gasteiger partial charge is 0.387 e. The first-order valence-electron chi connectivity index (χ1n) is 5.38. The highest BCUT2D eigenvalue weighted by Crippen LogP contribution is 2.26. The number of non-ortho nitro benzene ring substituents is 1. The van der Waals surface area contributed by atoms with E-state index in [1.807, 2.05) is 0 Å². The predicted molar refractivity (Wildman–Crippen MR) is 67.0 cm³/mol. The molecule has 0 aliphatic rings. The average Bonchev–Trinajstić information content (AvgIpc) is 2.28. The Morgan fingerprint density at radius 3 is 2.50 bits per heavy atom. The molecule has 1 aromatic rings. The molecule has 0 saturated heterocycles. The Morgan fingerprint density at radius 1 is 1.44 bits per heavy atom. The first kappa shape index (κ1) is 14.6. The van der Waals surface area contributed by atoms with Crippen molar-refractivity contribution < 1.29 is 18.4 Å². The van der Waals surface area contributed by atoms with E-state index in [-0.39, 0.29) is 17.7 Å². The van der Waals surface area contributed by atoms with Crippen molar-refractivity contribution in [1.82, 2.24) is 0 Å². The third-order valence-electron chi connectivity index (χ3n) is 2.73. The fourth-order valence-electron chi connectivity index (χ4n) is 1.80. The van der Waals surface area contributed by atoms with Crippen LogP contribution in [-0.2, 0) is 9.84 Å². The summed E-state index contributed by atoms with van der Waals surface area (Å²) in [6, 6.07) is 5.38. The van der Waals surface area contributed by atoms with Crippen molar-refractivity contribution >= 4 is 15.5 Å². The predicted octanol–water partition coefficient (Wildman–Crippen LogP) is 1.45. The number of nitro groups is 1. The molecule has 0 bridgehead atoms. The van der Waals surface area contributed by atoms with Crippen molar-refractivity contribution in [3.8, 4) is 0 Å². The maximum atomic E-state index is 11.5. The molecule has 1 aromatic carbocycles. The average molecular weight is 273 g/mol. The molecule has 1 rings (SSSR count). The smallest absolute Gasteiger partial charge is 0.269 e. The van der Waals surface area contributed by atoms with Crippen LogP contribution in [0.15, 0.2) is 24.3 Å². The Labute approximate surface area is 105 Å². The van der Waals surface area contributed by atoms with Gasteiger partial charge in [-0.2, -0.15) is 0 Å². The molecule has 7 heteroatoms. The number of aliphatic hydroxyl groups is 1. The van der Waals surface area contributed by atoms with Gasteiger partial charge in [0.05, 0.1) is 16.3 Å². The SMILES string of the molecule is CC[C@H]([C@@H](O)c1cccc([N+](=O)[O-])c1)S(C)(=O)=O. The van der Waals surface area contributed by atoms with Crippen molar-refractivity contribution in [2.45, 2.75) is 24.7 Å². The van der Waals surface area contributed by atoms with Crippen molar-refractivity contribution in [2.24, 2.45) is 0 Å². The van der Waals surface area contributed by atoms with Crippen molar-refractivity contribution in [1.29, 1.82) is 0 Å². The zero-order valence-electron chi connectivity index (χ0n) is 10.1. The zero-order valence-corrected chi connectivity index (χ0v) is 10.9. The zero-order chi connectivity index (χ0) is 13.9. The molecule has 0 saturated carbocycles. The van der Waals surface area contributed by atoms with E-state index < -0.39 is 26.1 Å². The van der Waals surface area contributed by atoms with Gasteiger partial charge in [-0.05, 0) is 12.0 Å². The van der Waals surface area contributed by atoms with Crippen molar-refractivity contribution in [2.75, 3.05) is 6.26 Å². The lowest BCUT2D eigenvalue weighted by atomic mass is 10.0. The molecule has 0 fully saturated rings. The maximum absolute atomic E-state index is 11.5. The van der Waals surface area contributed by atoms with Gasteiger partial charge in [0, 0.05) is 18.4 Å². The van der Waals surface area contributed by atoms with E-state index in [1.54, 1.807) is 6.92 Å². The highest BCUT2D eigenvalue weighted by atomic mass is 32.2. The molecule has 0 amide bonds. The second-order valence-electron chi connectivity index (χ2n) is 4.07. The lowest BCUT2D eigenvalue weighted by Crippen LogP contribution is -2.26. The summed E-state index contributed by atoms with van der Waals surface area (Å²) in [5.74, 6) is 0. The molecule has 0 unspecified atom stereocenters. The Morgan fingerprint density at radius 2 is 2.06 bits per heavy atom. The number of hydrogen-bond donors (Lipinski definition) is 1. The number of rotatable bonds is 5. The lowest BCUT2D eigenvalue weighted by Gasteiger charge is -2.19. The van der Waals surface area contributed by atoms with Crippen LogP contribution in [0.4, 0.5) is 5.69 Å². The summed E-state index contributed by atoms with van der Waals surface area (Å²) in [5, 5.41) is 19.7. The first-order chi connectivity index (χ1) is 8.27. The number of nitrogens with zero attached hydrogens (tertiary/aromatic N) is 1. The Kier molecular flexibility index (Phi) is 4.42. The van der Waals surface area contributed by atoms with Gasteiger partial charge in [0.2, 0.25) is 0 Å². The highest BCUT2D eigenvalue weighted by Gasteiger charge is 2.29. The molecule has 1 N–H and O–H groups in total. The van der Waals surface area contributed by atoms with Gasteiger partial charge < -0.3 is 5.11 Å². The summed E-state index contributed by atoms with van der Waals surface area (Å²) in [4.78, 5) is 10.0. The minimum Gasteiger partial charge on any atom is -0.387 e. The molecule has 0 aliphatic heterocycles. The molecule has 6 nitrogen and oxygen atoms in total. The van der Waals surface area contributed by atoms with Gasteiger partial charge >= 0.3 is 0 Å². The Hall–Kier alpha value is -1.47. The van der Waals surface area contributed by atoms with E-state index in [4.69, 9.17) is 0 Å². The van der Waals surface area contributed by atoms with Gasteiger partial charge in [0.1, 0.15) is 0 Å². The Balaban J connectivity index is 3.13. The van der Waals surface area contributed by atoms with Crippen LogP contribution in [-0.4, -0.2) is 30.0 Å². The molecule has 2 atom stereocenters. The van der Waals surface area contributed by atoms with Gasteiger partial charge in [0.15, 0.2) is 9.84 Å². The summed E-state index contributed by atoms with van der Waals surface area (Å²) in [6.45, 7) is 1.65. The highest BCUT2D eigenvalue weighted by molar-refractivity contribution is 7.91. The fourth-order valence-corrected chi connectivity index (χ4v) is 3.03. The summed E-state index contributed by atoms with van der Waals surface area (Å²) in [5.41, 5.74) is 0.0661. The molecule has 0 aliphatic carbocycles. The van der Waals surface area contributed by atoms with Crippen molar-refractivity contribution in [3.05, 3.63) is 39.9 Å². The van der Waals surface area contributed by atoms with Gasteiger partial charge in [0.25, 0.3) is 5.69 Å². The molecule has 0 spiro atoms. The summed E-state index contributed by atoms with van der Waals surface area (Å²) < 4.78 is 23.0. The molecule has 18 heavy (non-hydrogen) atoms. The van der Waals surface area contributed by atoms with Crippen LogP contribution >= 0.6 is 0 Å². The second-order valence-corrected chi connectivity index (χ2v) is 6.34. The van der Waals surface area contributed by atoms with E-state index >= 15 is 0 Å². The first-order valence-corrected chi connectivity index (χ1v) is 7.34. The maximum Gasteiger partial charge on any atom is 0.269 e. The number of sulfone groups is 1. The molecular weight excluding hydrogens is 258 g/mol. The quantitative estimate of drug-likeness (QED) is 0.646. The topological polar surface area (TPSA) is 97.5 Å². The minimum absolute atomic E-state index is 0.171. The normalized spacial score (nSPS) is 15.1. The van der Waals surface area contributed by atoms with Crippen LogP contribution in [0, 0.1) is 10.1 Å². The molecule has 100 valence electrons. The van der Waals surface area contributed by atoms with Crippen LogP contribution in [0.3, 0.4) is 0 Å². The van der Waals surface area contributed by atoms with Gasteiger partial charge in [-0.1, -0.05) is 19.1 Å². The van der Waals surface area contributed by atoms with E-state index in [1.165, 1.54) is 24.3 Å². The van der Waals surface area contributed by atoms with Crippen LogP contribution in [0.1, 0.15) is 25.0 Å². The van der Waals surface area contributed by atoms with Crippen LogP contribution in [0.5, 0.6) is 0 Å². The molecular formula is C11H15NO5S. The third-order valence-corrected chi connectivity index (χ3v) is 4.42. The summed E-state index contributed by atoms with van der Waals surface area (Å²) >= 11 is 0. The van der Waals surface area contributed by atoms with Crippen LogP contribution < -0.4 is 0 Å². The van der Waals surface area contributed by atoms with E-state index in [9.17, 15) is 23.6 Å². The standard InChI is InChI=1S/C11H15NO5S/c1-3-10(18(2,16)17)11(13)8-5-4-6-9(7-8)12(14)15/h4-7,10-11,13H,3H2,1-2H3/t10-,11+/m1/s1. The van der Waals surface area contributed by atoms with Gasteiger partial charge in [-0.15, -0.1) is 0 Å². The molecule has 0 heterocycles. The number of hydrogen-bond acceptors (Lipinski definition) is 5. The Bertz CT molecular complexity index is 540. The lowest BCUT2D eigenvalue weighted by molar-refractivity contribution is -0.385. The van der Waals surface area contributed by atoms with E-state index in [2.05, 4.69) is 0 Å². The number of nitro benzene ring substituents is 1. The summed E-state index contributed by atoms with van der Waals surface area (Å²) in [6.07, 6.45) is 0.0228. The molecule has 0 aromatic heterocycles. The van der Waals surface area contributed by atoms with Crippen molar-refractivity contribution in [3.63, 3.8) is 0 Å². The second kappa shape index (κ2) is 5.45. The summed E-state index contributed by atoms with van der Waals surface area (Å²) in [7, 11) is -3.42.